The largest absolute Gasteiger partial charge is 0.465 e. The van der Waals surface area contributed by atoms with Crippen molar-refractivity contribution in [2.45, 2.75) is 33.0 Å². The zero-order chi connectivity index (χ0) is 16.4. The van der Waals surface area contributed by atoms with Crippen LogP contribution in [0.3, 0.4) is 0 Å². The second-order valence-corrected chi connectivity index (χ2v) is 4.11. The maximum absolute atomic E-state index is 11.3. The normalized spacial score (nSPS) is 12.3. The van der Waals surface area contributed by atoms with Gasteiger partial charge in [-0.1, -0.05) is 12.0 Å². The van der Waals surface area contributed by atoms with Gasteiger partial charge in [0.25, 0.3) is 0 Å². The Hall–Kier alpha value is -2.92. The molecule has 5 heteroatoms. The highest BCUT2D eigenvalue weighted by Crippen LogP contribution is 2.24. The van der Waals surface area contributed by atoms with Crippen molar-refractivity contribution in [3.05, 3.63) is 36.3 Å². The van der Waals surface area contributed by atoms with E-state index in [0.29, 0.717) is 5.76 Å². The standard InChI is InChI=1S/C17H16O5/c1-4-5-6-7-8-10-16(21-13(2)18)17(22-14(3)19)15-11-9-12-20-15/h4-5,9,11-12,16-17H,1-3H3/t16-,17-/m0/s1. The second kappa shape index (κ2) is 9.10. The minimum Gasteiger partial charge on any atom is -0.465 e. The molecular formula is C17H16O5. The van der Waals surface area contributed by atoms with Gasteiger partial charge in [-0.3, -0.25) is 9.59 Å². The Balaban J connectivity index is 3.06. The van der Waals surface area contributed by atoms with E-state index < -0.39 is 24.1 Å². The van der Waals surface area contributed by atoms with E-state index in [4.69, 9.17) is 13.9 Å². The molecule has 0 bridgehead atoms. The lowest BCUT2D eigenvalue weighted by atomic mass is 10.1. The van der Waals surface area contributed by atoms with E-state index in [9.17, 15) is 9.59 Å². The lowest BCUT2D eigenvalue weighted by molar-refractivity contribution is -0.162. The Morgan fingerprint density at radius 3 is 2.50 bits per heavy atom. The van der Waals surface area contributed by atoms with Crippen LogP contribution in [0.5, 0.6) is 0 Å². The number of esters is 2. The summed E-state index contributed by atoms with van der Waals surface area (Å²) in [6.45, 7) is 4.32. The molecule has 0 N–H and O–H groups in total. The van der Waals surface area contributed by atoms with Crippen LogP contribution in [0.25, 0.3) is 0 Å². The van der Waals surface area contributed by atoms with Crippen molar-refractivity contribution in [2.24, 2.45) is 0 Å². The van der Waals surface area contributed by atoms with Gasteiger partial charge in [-0.2, -0.15) is 0 Å². The van der Waals surface area contributed by atoms with E-state index in [-0.39, 0.29) is 0 Å². The number of furan rings is 1. The molecule has 0 saturated heterocycles. The molecule has 1 heterocycles. The smallest absolute Gasteiger partial charge is 0.304 e. The van der Waals surface area contributed by atoms with Gasteiger partial charge in [0.15, 0.2) is 0 Å². The molecule has 0 unspecified atom stereocenters. The van der Waals surface area contributed by atoms with E-state index in [2.05, 4.69) is 23.7 Å². The first-order chi connectivity index (χ1) is 10.5. The highest BCUT2D eigenvalue weighted by atomic mass is 16.6. The molecule has 0 saturated carbocycles. The third-order valence-electron chi connectivity index (χ3n) is 2.28. The molecule has 1 aromatic heterocycles. The van der Waals surface area contributed by atoms with Crippen LogP contribution in [-0.2, 0) is 19.1 Å². The van der Waals surface area contributed by atoms with Crippen LogP contribution >= 0.6 is 0 Å². The molecule has 0 aliphatic carbocycles. The van der Waals surface area contributed by atoms with Crippen LogP contribution in [0, 0.1) is 23.7 Å². The van der Waals surface area contributed by atoms with E-state index in [1.165, 1.54) is 20.1 Å². The summed E-state index contributed by atoms with van der Waals surface area (Å²) in [5.41, 5.74) is 0. The molecule has 0 aromatic carbocycles. The first-order valence-corrected chi connectivity index (χ1v) is 6.54. The predicted molar refractivity (Wildman–Crippen MR) is 79.1 cm³/mol. The lowest BCUT2D eigenvalue weighted by Gasteiger charge is -2.20. The summed E-state index contributed by atoms with van der Waals surface area (Å²) in [5.74, 6) is 9.74. The summed E-state index contributed by atoms with van der Waals surface area (Å²) in [6.07, 6.45) is 2.87. The molecule has 0 amide bonds. The zero-order valence-electron chi connectivity index (χ0n) is 12.6. The fraction of sp³-hybridized carbons (Fsp3) is 0.294. The Labute approximate surface area is 129 Å². The van der Waals surface area contributed by atoms with Crippen molar-refractivity contribution in [1.82, 2.24) is 0 Å². The van der Waals surface area contributed by atoms with Gasteiger partial charge < -0.3 is 13.9 Å². The van der Waals surface area contributed by atoms with E-state index >= 15 is 0 Å². The minimum atomic E-state index is -1.01. The van der Waals surface area contributed by atoms with Crippen LogP contribution < -0.4 is 0 Å². The predicted octanol–water partition coefficient (Wildman–Crippen LogP) is 2.40. The number of hydrogen-bond donors (Lipinski definition) is 0. The molecular weight excluding hydrogens is 284 g/mol. The van der Waals surface area contributed by atoms with Crippen LogP contribution in [0.1, 0.15) is 32.6 Å². The van der Waals surface area contributed by atoms with Crippen molar-refractivity contribution in [3.63, 3.8) is 0 Å². The SMILES string of the molecule is CC=CC#CC#C[C@H](OC(C)=O)[C@@H](OC(C)=O)c1ccco1. The average Bonchev–Trinajstić information content (AvgIpc) is 2.96. The fourth-order valence-corrected chi connectivity index (χ4v) is 1.52. The zero-order valence-corrected chi connectivity index (χ0v) is 12.6. The van der Waals surface area contributed by atoms with E-state index in [0.717, 1.165) is 0 Å². The van der Waals surface area contributed by atoms with Gasteiger partial charge in [-0.15, -0.1) is 0 Å². The lowest BCUT2D eigenvalue weighted by Crippen LogP contribution is -2.26. The van der Waals surface area contributed by atoms with Gasteiger partial charge in [0.1, 0.15) is 5.76 Å². The van der Waals surface area contributed by atoms with Crippen molar-refractivity contribution in [3.8, 4) is 23.7 Å². The minimum absolute atomic E-state index is 0.331. The van der Waals surface area contributed by atoms with Crippen LogP contribution in [0.4, 0.5) is 0 Å². The van der Waals surface area contributed by atoms with Crippen LogP contribution in [-0.4, -0.2) is 18.0 Å². The molecule has 5 nitrogen and oxygen atoms in total. The summed E-state index contributed by atoms with van der Waals surface area (Å²) < 4.78 is 15.5. The Bertz CT molecular complexity index is 647. The molecule has 0 spiro atoms. The Morgan fingerprint density at radius 2 is 1.95 bits per heavy atom. The maximum Gasteiger partial charge on any atom is 0.304 e. The molecule has 0 fully saturated rings. The van der Waals surface area contributed by atoms with Crippen molar-refractivity contribution in [1.29, 1.82) is 0 Å². The molecule has 0 radical (unpaired) electrons. The van der Waals surface area contributed by atoms with Gasteiger partial charge in [0, 0.05) is 13.8 Å². The third-order valence-corrected chi connectivity index (χ3v) is 2.28. The summed E-state index contributed by atoms with van der Waals surface area (Å²) >= 11 is 0. The summed E-state index contributed by atoms with van der Waals surface area (Å²) in [4.78, 5) is 22.5. The summed E-state index contributed by atoms with van der Waals surface area (Å²) in [6, 6.07) is 3.24. The van der Waals surface area contributed by atoms with Gasteiger partial charge in [0.2, 0.25) is 12.2 Å². The third kappa shape index (κ3) is 6.02. The summed E-state index contributed by atoms with van der Waals surface area (Å²) in [7, 11) is 0. The quantitative estimate of drug-likeness (QED) is 0.631. The molecule has 0 aliphatic heterocycles. The number of hydrogen-bond acceptors (Lipinski definition) is 5. The van der Waals surface area contributed by atoms with Gasteiger partial charge >= 0.3 is 11.9 Å². The van der Waals surface area contributed by atoms with Crippen molar-refractivity contribution < 1.29 is 23.5 Å². The van der Waals surface area contributed by atoms with Crippen LogP contribution in [0.15, 0.2) is 35.0 Å². The Kier molecular flexibility index (Phi) is 7.08. The average molecular weight is 300 g/mol. The first kappa shape index (κ1) is 17.1. The first-order valence-electron chi connectivity index (χ1n) is 6.54. The molecule has 1 aromatic rings. The molecule has 0 aliphatic rings. The van der Waals surface area contributed by atoms with Gasteiger partial charge in [-0.25, -0.2) is 0 Å². The van der Waals surface area contributed by atoms with Crippen molar-refractivity contribution >= 4 is 11.9 Å². The molecule has 2 atom stereocenters. The highest BCUT2D eigenvalue weighted by molar-refractivity contribution is 5.68. The fourth-order valence-electron chi connectivity index (χ4n) is 1.52. The van der Waals surface area contributed by atoms with Crippen molar-refractivity contribution in [2.75, 3.05) is 0 Å². The monoisotopic (exact) mass is 300 g/mol. The number of carbonyl (C=O) groups excluding carboxylic acids is 2. The van der Waals surface area contributed by atoms with Gasteiger partial charge in [-0.05, 0) is 42.9 Å². The van der Waals surface area contributed by atoms with Crippen LogP contribution in [0.2, 0.25) is 0 Å². The molecule has 22 heavy (non-hydrogen) atoms. The maximum atomic E-state index is 11.3. The number of ether oxygens (including phenoxy) is 2. The highest BCUT2D eigenvalue weighted by Gasteiger charge is 2.29. The second-order valence-electron chi connectivity index (χ2n) is 4.11. The van der Waals surface area contributed by atoms with Gasteiger partial charge in [0.05, 0.1) is 6.26 Å². The topological polar surface area (TPSA) is 65.7 Å². The molecule has 114 valence electrons. The number of carbonyl (C=O) groups is 2. The van der Waals surface area contributed by atoms with E-state index in [1.807, 2.05) is 6.92 Å². The molecule has 1 rings (SSSR count). The Morgan fingerprint density at radius 1 is 1.23 bits per heavy atom. The number of rotatable bonds is 4. The van der Waals surface area contributed by atoms with E-state index in [1.54, 1.807) is 24.3 Å². The number of allylic oxidation sites excluding steroid dienone is 2. The summed E-state index contributed by atoms with van der Waals surface area (Å²) in [5, 5.41) is 0.